The number of benzene rings is 1. The van der Waals surface area contributed by atoms with Crippen LogP contribution in [0.1, 0.15) is 113 Å². The second-order valence-corrected chi connectivity index (χ2v) is 20.5. The molecule has 0 spiro atoms. The van der Waals surface area contributed by atoms with Crippen molar-refractivity contribution in [3.8, 4) is 22.9 Å². The second kappa shape index (κ2) is 21.5. The molecular formula is C49H64FN13O8. The summed E-state index contributed by atoms with van der Waals surface area (Å²) in [6.07, 6.45) is 5.79. The van der Waals surface area contributed by atoms with Crippen LogP contribution in [0.4, 0.5) is 21.0 Å². The normalized spacial score (nSPS) is 18.8. The molecule has 3 aliphatic heterocycles. The number of carbonyl (C=O) groups excluding carboxylic acids is 4. The Kier molecular flexibility index (Phi) is 15.6. The van der Waals surface area contributed by atoms with Crippen molar-refractivity contribution in [3.05, 3.63) is 81.3 Å². The summed E-state index contributed by atoms with van der Waals surface area (Å²) in [7, 11) is 1.63. The number of aromatic nitrogens is 5. The predicted molar refractivity (Wildman–Crippen MR) is 258 cm³/mol. The summed E-state index contributed by atoms with van der Waals surface area (Å²) in [5, 5.41) is 32.7. The van der Waals surface area contributed by atoms with Gasteiger partial charge in [-0.25, -0.2) is 18.7 Å². The Bertz CT molecular complexity index is 2680. The Morgan fingerprint density at radius 3 is 2.59 bits per heavy atom. The number of hydrogen-bond acceptors (Lipinski definition) is 14. The molecular weight excluding hydrogens is 918 g/mol. The zero-order valence-electron chi connectivity index (χ0n) is 41.4. The van der Waals surface area contributed by atoms with Gasteiger partial charge < -0.3 is 50.7 Å². The highest BCUT2D eigenvalue weighted by Crippen LogP contribution is 2.37. The van der Waals surface area contributed by atoms with E-state index in [1.54, 1.807) is 51.7 Å². The molecule has 2 bridgehead atoms. The van der Waals surface area contributed by atoms with Gasteiger partial charge in [-0.3, -0.25) is 19.1 Å². The van der Waals surface area contributed by atoms with Crippen molar-refractivity contribution < 1.29 is 38.0 Å². The van der Waals surface area contributed by atoms with Crippen molar-refractivity contribution in [2.24, 2.45) is 11.3 Å². The predicted octanol–water partition coefficient (Wildman–Crippen LogP) is 5.59. The lowest BCUT2D eigenvalue weighted by Gasteiger charge is -2.32. The molecule has 380 valence electrons. The molecule has 2 fully saturated rings. The summed E-state index contributed by atoms with van der Waals surface area (Å²) in [5.41, 5.74) is 7.54. The molecule has 3 aliphatic rings. The molecule has 7 rings (SSSR count). The molecule has 4 aromatic rings. The Balaban J connectivity index is 0.929. The van der Waals surface area contributed by atoms with Gasteiger partial charge in [0.15, 0.2) is 11.6 Å². The van der Waals surface area contributed by atoms with Gasteiger partial charge in [0.25, 0.3) is 5.91 Å². The molecule has 0 aliphatic carbocycles. The topological polar surface area (TPSA) is 262 Å². The number of nitrogens with zero attached hydrogens (tertiary/aromatic N) is 10. The molecule has 2 saturated heterocycles. The van der Waals surface area contributed by atoms with Crippen molar-refractivity contribution >= 4 is 35.6 Å². The van der Waals surface area contributed by atoms with E-state index in [4.69, 9.17) is 20.3 Å². The van der Waals surface area contributed by atoms with Crippen molar-refractivity contribution in [2.45, 2.75) is 123 Å². The van der Waals surface area contributed by atoms with Gasteiger partial charge in [-0.1, -0.05) is 18.8 Å². The average molecular weight is 982 g/mol. The third-order valence-corrected chi connectivity index (χ3v) is 13.4. The number of fused-ring (bicyclic) bond motifs is 5. The van der Waals surface area contributed by atoms with Gasteiger partial charge in [0.2, 0.25) is 11.8 Å². The van der Waals surface area contributed by atoms with Crippen LogP contribution in [0.3, 0.4) is 0 Å². The molecule has 0 unspecified atom stereocenters. The molecule has 1 aromatic carbocycles. The summed E-state index contributed by atoms with van der Waals surface area (Å²) < 4.78 is 29.2. The van der Waals surface area contributed by atoms with Crippen LogP contribution in [0.15, 0.2) is 42.9 Å². The van der Waals surface area contributed by atoms with E-state index in [9.17, 15) is 38.9 Å². The average Bonchev–Trinajstić information content (AvgIpc) is 3.99. The zero-order chi connectivity index (χ0) is 51.4. The van der Waals surface area contributed by atoms with Crippen LogP contribution in [-0.2, 0) is 34.0 Å². The number of nitro groups is 1. The van der Waals surface area contributed by atoms with Crippen molar-refractivity contribution in [1.82, 2.24) is 49.6 Å². The molecule has 4 N–H and O–H groups in total. The van der Waals surface area contributed by atoms with Crippen molar-refractivity contribution in [2.75, 3.05) is 45.5 Å². The largest absolute Gasteiger partial charge is 0.482 e. The van der Waals surface area contributed by atoms with Gasteiger partial charge in [0.1, 0.15) is 47.7 Å². The van der Waals surface area contributed by atoms with Gasteiger partial charge in [0.05, 0.1) is 18.8 Å². The number of aryl methyl sites for hydroxylation is 1. The van der Waals surface area contributed by atoms with E-state index in [0.717, 1.165) is 0 Å². The van der Waals surface area contributed by atoms with E-state index >= 15 is 0 Å². The van der Waals surface area contributed by atoms with Crippen LogP contribution in [0.2, 0.25) is 0 Å². The number of ether oxygens (including phenoxy) is 2. The minimum Gasteiger partial charge on any atom is -0.482 e. The zero-order valence-corrected chi connectivity index (χ0v) is 41.4. The number of nitriles is 1. The summed E-state index contributed by atoms with van der Waals surface area (Å²) in [6.45, 7) is 14.7. The van der Waals surface area contributed by atoms with Crippen LogP contribution in [0, 0.1) is 38.6 Å². The molecule has 0 saturated carbocycles. The van der Waals surface area contributed by atoms with Gasteiger partial charge in [-0.05, 0) is 107 Å². The van der Waals surface area contributed by atoms with Crippen molar-refractivity contribution in [3.63, 3.8) is 0 Å². The van der Waals surface area contributed by atoms with Crippen LogP contribution in [-0.4, -0.2) is 125 Å². The summed E-state index contributed by atoms with van der Waals surface area (Å²) >= 11 is 0. The maximum absolute atomic E-state index is 14.5. The van der Waals surface area contributed by atoms with Crippen LogP contribution >= 0.6 is 0 Å². The lowest BCUT2D eigenvalue weighted by molar-refractivity contribution is -0.396. The second-order valence-electron chi connectivity index (χ2n) is 20.5. The summed E-state index contributed by atoms with van der Waals surface area (Å²) in [6, 6.07) is 6.75. The number of imidazole rings is 1. The number of carbonyl (C=O) groups is 4. The van der Waals surface area contributed by atoms with Gasteiger partial charge in [-0.15, -0.1) is 0 Å². The number of alkyl carbamates (subject to hydrolysis) is 1. The highest BCUT2D eigenvalue weighted by molar-refractivity contribution is 5.96. The van der Waals surface area contributed by atoms with E-state index in [1.807, 2.05) is 4.90 Å². The van der Waals surface area contributed by atoms with E-state index in [1.165, 1.54) is 40.1 Å². The van der Waals surface area contributed by atoms with Gasteiger partial charge in [0, 0.05) is 80.7 Å². The van der Waals surface area contributed by atoms with Crippen molar-refractivity contribution in [1.29, 1.82) is 5.26 Å². The van der Waals surface area contributed by atoms with E-state index in [0.29, 0.717) is 99.5 Å². The SMILES string of the molecule is C[C@H]1Oc2cc(cnc2N)-c2c(nn(CC3CCN(C(=O)CCCN4C[C@H](NC(=O)[C@H](CCCn5ccnc5[N+](=O)[O-])NC(=O)OC(C)(C)C)C(C)(C)C4)CC3)c2C#N)CN(C)C(=O)c2ccc(F)cc21. The summed E-state index contributed by atoms with van der Waals surface area (Å²) in [5.74, 6) is -1.09. The molecule has 3 atom stereocenters. The number of anilines is 1. The standard InChI is InChI=1S/C49H64FN13O8/c1-30-35-23-33(50)12-13-34(35)45(66)58(7)27-37-42(32-22-39(70-30)43(52)54-25-32)38(24-51)62(57-37)26-31-14-19-60(20-15-31)41(64)11-9-17-59-28-40(49(5,6)29-59)56-44(65)36(55-47(67)71-48(2,3)4)10-8-18-61-21-16-53-46(61)63(68)69/h12-13,16,21-23,25,30-31,36,40H,8-11,14-15,17-20,26-29H2,1-7H3,(H2,52,54)(H,55,67)(H,56,65)/t30-,36+,40+/m1/s1. The number of nitrogens with two attached hydrogens (primary N) is 1. The number of pyridine rings is 1. The third-order valence-electron chi connectivity index (χ3n) is 13.4. The number of likely N-dealkylation sites (tertiary alicyclic amines) is 2. The number of rotatable bonds is 14. The van der Waals surface area contributed by atoms with Crippen LogP contribution < -0.4 is 21.1 Å². The maximum Gasteiger partial charge on any atom is 0.434 e. The number of amides is 4. The Morgan fingerprint density at radius 2 is 1.89 bits per heavy atom. The number of nitrogens with one attached hydrogen (secondary N) is 2. The lowest BCUT2D eigenvalue weighted by atomic mass is 9.87. The molecule has 71 heavy (non-hydrogen) atoms. The molecule has 21 nitrogen and oxygen atoms in total. The fraction of sp³-hybridized carbons (Fsp3) is 0.551. The minimum absolute atomic E-state index is 0.0536. The molecule has 0 radical (unpaired) electrons. The number of nitrogen functional groups attached to an aromatic ring is 1. The first-order valence-electron chi connectivity index (χ1n) is 24.0. The fourth-order valence-electron chi connectivity index (χ4n) is 9.67. The molecule has 4 amide bonds. The monoisotopic (exact) mass is 981 g/mol. The van der Waals surface area contributed by atoms with Crippen LogP contribution in [0.5, 0.6) is 5.75 Å². The highest BCUT2D eigenvalue weighted by atomic mass is 19.1. The number of hydrogen-bond donors (Lipinski definition) is 3. The molecule has 22 heteroatoms. The smallest absolute Gasteiger partial charge is 0.434 e. The lowest BCUT2D eigenvalue weighted by Crippen LogP contribution is -2.53. The van der Waals surface area contributed by atoms with Gasteiger partial charge in [-0.2, -0.15) is 10.4 Å². The highest BCUT2D eigenvalue weighted by Gasteiger charge is 2.41. The third kappa shape index (κ3) is 12.4. The first-order chi connectivity index (χ1) is 33.6. The Morgan fingerprint density at radius 1 is 1.14 bits per heavy atom. The quantitative estimate of drug-likeness (QED) is 0.103. The minimum atomic E-state index is -0.955. The van der Waals surface area contributed by atoms with E-state index < -0.39 is 34.6 Å². The Labute approximate surface area is 412 Å². The summed E-state index contributed by atoms with van der Waals surface area (Å²) in [4.78, 5) is 78.5. The molecule has 3 aromatic heterocycles. The first-order valence-corrected chi connectivity index (χ1v) is 24.0. The maximum atomic E-state index is 14.5. The van der Waals surface area contributed by atoms with Gasteiger partial charge >= 0.3 is 12.0 Å². The number of halogens is 1. The van der Waals surface area contributed by atoms with Crippen LogP contribution in [0.25, 0.3) is 11.1 Å². The Hall–Kier alpha value is -7.15. The molecule has 6 heterocycles. The van der Waals surface area contributed by atoms with E-state index in [2.05, 4.69) is 45.4 Å². The van der Waals surface area contributed by atoms with E-state index in [-0.39, 0.29) is 77.7 Å². The fourth-order valence-corrected chi connectivity index (χ4v) is 9.67. The first kappa shape index (κ1) is 51.7. The number of piperidine rings is 1.